The average molecular weight is 143 g/mol. The number of hydrogen-bond acceptors (Lipinski definition) is 4. The molecule has 4 heteroatoms. The van der Waals surface area contributed by atoms with Crippen molar-refractivity contribution in [1.82, 2.24) is 5.48 Å². The van der Waals surface area contributed by atoms with Crippen LogP contribution in [0.3, 0.4) is 0 Å². The van der Waals surface area contributed by atoms with Gasteiger partial charge in [-0.3, -0.25) is 4.79 Å². The average Bonchev–Trinajstić information content (AvgIpc) is 1.99. The van der Waals surface area contributed by atoms with Crippen LogP contribution in [0, 0.1) is 0 Å². The first-order valence-corrected chi connectivity index (χ1v) is 2.80. The molecular formula is C6H9NO3. The van der Waals surface area contributed by atoms with Crippen molar-refractivity contribution < 1.29 is 14.4 Å². The topological polar surface area (TPSA) is 55.4 Å². The maximum Gasteiger partial charge on any atom is 0.331 e. The van der Waals surface area contributed by atoms with E-state index in [1.54, 1.807) is 6.92 Å². The van der Waals surface area contributed by atoms with Crippen molar-refractivity contribution in [2.24, 2.45) is 0 Å². The van der Waals surface area contributed by atoms with E-state index in [9.17, 15) is 9.59 Å². The van der Waals surface area contributed by atoms with Crippen molar-refractivity contribution >= 4 is 12.3 Å². The van der Waals surface area contributed by atoms with Crippen LogP contribution in [-0.4, -0.2) is 12.3 Å². The molecule has 4 nitrogen and oxygen atoms in total. The Labute approximate surface area is 58.8 Å². The molecule has 0 saturated carbocycles. The van der Waals surface area contributed by atoms with Crippen molar-refractivity contribution in [3.63, 3.8) is 0 Å². The third-order valence-corrected chi connectivity index (χ3v) is 0.727. The standard InChI is InChI=1S/C6H9NO3/c1-3-6(9)10-7-5(2)4-8/h4,7H,2-3H2,1H3. The summed E-state index contributed by atoms with van der Waals surface area (Å²) in [5.41, 5.74) is 2.10. The molecule has 1 N–H and O–H groups in total. The lowest BCUT2D eigenvalue weighted by Crippen LogP contribution is -2.18. The number of hydroxylamine groups is 1. The molecule has 0 aromatic carbocycles. The molecule has 0 aliphatic rings. The highest BCUT2D eigenvalue weighted by Gasteiger charge is 1.97. The monoisotopic (exact) mass is 143 g/mol. The lowest BCUT2D eigenvalue weighted by atomic mass is 10.5. The first-order valence-electron chi connectivity index (χ1n) is 2.80. The SMILES string of the molecule is C=C(C=O)NOC(=O)CC. The van der Waals surface area contributed by atoms with Crippen LogP contribution in [0.1, 0.15) is 13.3 Å². The highest BCUT2D eigenvalue weighted by molar-refractivity contribution is 5.72. The fraction of sp³-hybridized carbons (Fsp3) is 0.333. The van der Waals surface area contributed by atoms with Gasteiger partial charge in [0.2, 0.25) is 0 Å². The molecule has 0 unspecified atom stereocenters. The summed E-state index contributed by atoms with van der Waals surface area (Å²) in [7, 11) is 0. The molecule has 0 fully saturated rings. The van der Waals surface area contributed by atoms with E-state index in [4.69, 9.17) is 0 Å². The number of allylic oxidation sites excluding steroid dienone is 1. The van der Waals surface area contributed by atoms with E-state index in [1.807, 2.05) is 0 Å². The molecule has 0 aromatic rings. The van der Waals surface area contributed by atoms with Gasteiger partial charge >= 0.3 is 5.97 Å². The van der Waals surface area contributed by atoms with Gasteiger partial charge in [0, 0.05) is 6.42 Å². The van der Waals surface area contributed by atoms with Gasteiger partial charge in [0.15, 0.2) is 6.29 Å². The Morgan fingerprint density at radius 2 is 2.40 bits per heavy atom. The van der Waals surface area contributed by atoms with E-state index < -0.39 is 5.97 Å². The third kappa shape index (κ3) is 3.65. The van der Waals surface area contributed by atoms with Crippen molar-refractivity contribution in [2.45, 2.75) is 13.3 Å². The Bertz CT molecular complexity index is 153. The molecule has 0 bridgehead atoms. The van der Waals surface area contributed by atoms with Crippen molar-refractivity contribution in [2.75, 3.05) is 0 Å². The van der Waals surface area contributed by atoms with E-state index in [-0.39, 0.29) is 12.1 Å². The number of hydrogen-bond donors (Lipinski definition) is 1. The highest BCUT2D eigenvalue weighted by atomic mass is 16.7. The molecule has 10 heavy (non-hydrogen) atoms. The van der Waals surface area contributed by atoms with E-state index in [2.05, 4.69) is 16.9 Å². The Morgan fingerprint density at radius 3 is 2.80 bits per heavy atom. The summed E-state index contributed by atoms with van der Waals surface area (Å²) in [6, 6.07) is 0. The van der Waals surface area contributed by atoms with E-state index in [0.717, 1.165) is 0 Å². The molecule has 0 radical (unpaired) electrons. The molecular weight excluding hydrogens is 134 g/mol. The van der Waals surface area contributed by atoms with Crippen LogP contribution < -0.4 is 5.48 Å². The summed E-state index contributed by atoms with van der Waals surface area (Å²) in [5.74, 6) is -0.428. The van der Waals surface area contributed by atoms with Gasteiger partial charge in [0.1, 0.15) is 5.70 Å². The fourth-order valence-corrected chi connectivity index (χ4v) is 0.219. The van der Waals surface area contributed by atoms with Crippen LogP contribution in [0.5, 0.6) is 0 Å². The molecule has 0 heterocycles. The minimum atomic E-state index is -0.428. The van der Waals surface area contributed by atoms with Gasteiger partial charge in [-0.1, -0.05) is 13.5 Å². The Hall–Kier alpha value is -1.32. The van der Waals surface area contributed by atoms with Gasteiger partial charge in [0.05, 0.1) is 0 Å². The summed E-state index contributed by atoms with van der Waals surface area (Å²) in [6.45, 7) is 4.87. The maximum atomic E-state index is 10.4. The summed E-state index contributed by atoms with van der Waals surface area (Å²) in [4.78, 5) is 24.6. The number of carbonyl (C=O) groups excluding carboxylic acids is 2. The van der Waals surface area contributed by atoms with Crippen LogP contribution in [0.25, 0.3) is 0 Å². The second-order valence-electron chi connectivity index (χ2n) is 1.57. The molecule has 0 amide bonds. The quantitative estimate of drug-likeness (QED) is 0.346. The maximum absolute atomic E-state index is 10.4. The Balaban J connectivity index is 3.44. The van der Waals surface area contributed by atoms with Gasteiger partial charge in [0.25, 0.3) is 0 Å². The summed E-state index contributed by atoms with van der Waals surface area (Å²) >= 11 is 0. The van der Waals surface area contributed by atoms with Gasteiger partial charge in [-0.15, -0.1) is 0 Å². The van der Waals surface area contributed by atoms with Gasteiger partial charge in [-0.05, 0) is 0 Å². The summed E-state index contributed by atoms with van der Waals surface area (Å²) in [6.07, 6.45) is 0.724. The molecule has 0 aromatic heterocycles. The molecule has 0 aliphatic heterocycles. The number of aldehydes is 1. The molecule has 56 valence electrons. The van der Waals surface area contributed by atoms with E-state index in [0.29, 0.717) is 6.29 Å². The van der Waals surface area contributed by atoms with E-state index in [1.165, 1.54) is 0 Å². The minimum Gasteiger partial charge on any atom is -0.343 e. The Morgan fingerprint density at radius 1 is 1.80 bits per heavy atom. The van der Waals surface area contributed by atoms with Gasteiger partial charge in [-0.25, -0.2) is 10.3 Å². The Kier molecular flexibility index (Phi) is 3.95. The molecule has 0 saturated heterocycles. The van der Waals surface area contributed by atoms with Crippen LogP contribution in [0.4, 0.5) is 0 Å². The first kappa shape index (κ1) is 8.68. The minimum absolute atomic E-state index is 0.0294. The highest BCUT2D eigenvalue weighted by Crippen LogP contribution is 1.82. The number of nitrogens with one attached hydrogen (secondary N) is 1. The second kappa shape index (κ2) is 4.55. The summed E-state index contributed by atoms with van der Waals surface area (Å²) < 4.78 is 0. The van der Waals surface area contributed by atoms with Crippen LogP contribution in [-0.2, 0) is 14.4 Å². The second-order valence-corrected chi connectivity index (χ2v) is 1.57. The largest absolute Gasteiger partial charge is 0.343 e. The van der Waals surface area contributed by atoms with Crippen molar-refractivity contribution in [3.8, 4) is 0 Å². The molecule has 0 atom stereocenters. The van der Waals surface area contributed by atoms with Crippen molar-refractivity contribution in [1.29, 1.82) is 0 Å². The zero-order valence-electron chi connectivity index (χ0n) is 5.72. The fourth-order valence-electron chi connectivity index (χ4n) is 0.219. The number of carbonyl (C=O) groups is 2. The summed E-state index contributed by atoms with van der Waals surface area (Å²) in [5, 5.41) is 0. The molecule has 0 spiro atoms. The van der Waals surface area contributed by atoms with Crippen LogP contribution in [0.15, 0.2) is 12.3 Å². The predicted octanol–water partition coefficient (Wildman–Crippen LogP) is 0.157. The van der Waals surface area contributed by atoms with Crippen LogP contribution >= 0.6 is 0 Å². The number of rotatable bonds is 4. The van der Waals surface area contributed by atoms with Crippen molar-refractivity contribution in [3.05, 3.63) is 12.3 Å². The van der Waals surface area contributed by atoms with Gasteiger partial charge in [-0.2, -0.15) is 0 Å². The lowest BCUT2D eigenvalue weighted by Gasteiger charge is -2.01. The lowest BCUT2D eigenvalue weighted by molar-refractivity contribution is -0.149. The zero-order valence-corrected chi connectivity index (χ0v) is 5.72. The zero-order chi connectivity index (χ0) is 7.98. The first-order chi connectivity index (χ1) is 4.70. The predicted molar refractivity (Wildman–Crippen MR) is 34.7 cm³/mol. The van der Waals surface area contributed by atoms with E-state index >= 15 is 0 Å². The normalized spacial score (nSPS) is 8.10. The molecule has 0 rings (SSSR count). The van der Waals surface area contributed by atoms with Crippen LogP contribution in [0.2, 0.25) is 0 Å². The smallest absolute Gasteiger partial charge is 0.331 e. The molecule has 0 aliphatic carbocycles. The van der Waals surface area contributed by atoms with Gasteiger partial charge < -0.3 is 4.84 Å². The third-order valence-electron chi connectivity index (χ3n) is 0.727.